The zero-order valence-electron chi connectivity index (χ0n) is 12.6. The molecule has 3 rings (SSSR count). The molecule has 0 unspecified atom stereocenters. The minimum atomic E-state index is 0.0765. The molecule has 116 valence electrons. The van der Waals surface area contributed by atoms with Gasteiger partial charge in [-0.3, -0.25) is 14.7 Å². The quantitative estimate of drug-likeness (QED) is 0.905. The number of likely N-dealkylation sites (N-methyl/N-ethyl adjacent to an activating group) is 1. The van der Waals surface area contributed by atoms with Crippen LogP contribution in [0, 0.1) is 0 Å². The molecule has 0 aliphatic carbocycles. The van der Waals surface area contributed by atoms with Crippen molar-refractivity contribution in [3.8, 4) is 0 Å². The van der Waals surface area contributed by atoms with E-state index in [1.165, 1.54) is 11.1 Å². The normalized spacial score (nSPS) is 16.0. The molecule has 1 amide bonds. The molecule has 1 saturated heterocycles. The molecule has 1 aliphatic rings. The molecule has 6 heteroatoms. The molecule has 1 fully saturated rings. The number of carbonyl (C=O) groups is 1. The number of carbonyl (C=O) groups excluding carboxylic acids is 1. The van der Waals surface area contributed by atoms with Crippen LogP contribution in [0.25, 0.3) is 10.9 Å². The lowest BCUT2D eigenvalue weighted by atomic mass is 10.1. The fraction of sp³-hybridized carbons (Fsp3) is 0.375. The van der Waals surface area contributed by atoms with Crippen LogP contribution in [0.4, 0.5) is 5.69 Å². The molecular weight excluding hydrogens is 344 g/mol. The summed E-state index contributed by atoms with van der Waals surface area (Å²) in [5.41, 5.74) is 2.22. The lowest BCUT2D eigenvalue weighted by Gasteiger charge is -2.36. The van der Waals surface area contributed by atoms with E-state index < -0.39 is 0 Å². The third kappa shape index (κ3) is 3.23. The van der Waals surface area contributed by atoms with Crippen LogP contribution in [0.15, 0.2) is 34.9 Å². The Balaban J connectivity index is 1.75. The van der Waals surface area contributed by atoms with Crippen molar-refractivity contribution in [2.75, 3.05) is 44.7 Å². The van der Waals surface area contributed by atoms with Gasteiger partial charge in [-0.2, -0.15) is 0 Å². The number of piperazine rings is 1. The van der Waals surface area contributed by atoms with Gasteiger partial charge in [-0.05, 0) is 24.3 Å². The average molecular weight is 363 g/mol. The predicted molar refractivity (Wildman–Crippen MR) is 92.2 cm³/mol. The third-order valence-corrected chi connectivity index (χ3v) is 4.53. The van der Waals surface area contributed by atoms with E-state index >= 15 is 0 Å². The number of nitrogens with zero attached hydrogens (tertiary/aromatic N) is 3. The zero-order chi connectivity index (χ0) is 15.5. The molecule has 1 aliphatic heterocycles. The van der Waals surface area contributed by atoms with Gasteiger partial charge in [-0.25, -0.2) is 0 Å². The first-order valence-electron chi connectivity index (χ1n) is 7.39. The van der Waals surface area contributed by atoms with Crippen LogP contribution in [-0.2, 0) is 4.79 Å². The monoisotopic (exact) mass is 362 g/mol. The molecular formula is C16H19BrN4O. The van der Waals surface area contributed by atoms with Crippen molar-refractivity contribution in [2.45, 2.75) is 0 Å². The van der Waals surface area contributed by atoms with Crippen molar-refractivity contribution in [1.29, 1.82) is 0 Å². The smallest absolute Gasteiger partial charge is 0.233 e. The number of pyridine rings is 1. The third-order valence-electron chi connectivity index (χ3n) is 4.04. The lowest BCUT2D eigenvalue weighted by Crippen LogP contribution is -2.49. The second kappa shape index (κ2) is 6.62. The topological polar surface area (TPSA) is 48.5 Å². The maximum Gasteiger partial charge on any atom is 0.233 e. The van der Waals surface area contributed by atoms with Crippen molar-refractivity contribution < 1.29 is 4.79 Å². The minimum absolute atomic E-state index is 0.0765. The largest absolute Gasteiger partial charge is 0.368 e. The number of hydrogen-bond acceptors (Lipinski definition) is 4. The summed E-state index contributed by atoms with van der Waals surface area (Å²) < 4.78 is 1.04. The van der Waals surface area contributed by atoms with Gasteiger partial charge < -0.3 is 10.2 Å². The summed E-state index contributed by atoms with van der Waals surface area (Å²) in [6.07, 6.45) is 1.86. The van der Waals surface area contributed by atoms with Gasteiger partial charge in [-0.1, -0.05) is 15.9 Å². The molecule has 0 radical (unpaired) electrons. The van der Waals surface area contributed by atoms with Crippen molar-refractivity contribution >= 4 is 38.4 Å². The van der Waals surface area contributed by atoms with Gasteiger partial charge >= 0.3 is 0 Å². The molecule has 0 spiro atoms. The number of aromatic nitrogens is 1. The maximum absolute atomic E-state index is 11.5. The summed E-state index contributed by atoms with van der Waals surface area (Å²) >= 11 is 3.49. The number of benzene rings is 1. The fourth-order valence-corrected chi connectivity index (χ4v) is 3.16. The first kappa shape index (κ1) is 15.2. The van der Waals surface area contributed by atoms with Crippen LogP contribution in [0.1, 0.15) is 0 Å². The van der Waals surface area contributed by atoms with Gasteiger partial charge in [0.25, 0.3) is 0 Å². The molecule has 0 atom stereocenters. The highest BCUT2D eigenvalue weighted by Crippen LogP contribution is 2.28. The Labute approximate surface area is 138 Å². The molecule has 0 bridgehead atoms. The highest BCUT2D eigenvalue weighted by molar-refractivity contribution is 9.10. The van der Waals surface area contributed by atoms with E-state index in [1.807, 2.05) is 12.3 Å². The molecule has 0 saturated carbocycles. The number of anilines is 1. The lowest BCUT2D eigenvalue weighted by molar-refractivity contribution is -0.121. The Morgan fingerprint density at radius 3 is 2.77 bits per heavy atom. The van der Waals surface area contributed by atoms with Gasteiger partial charge in [0.05, 0.1) is 12.1 Å². The maximum atomic E-state index is 11.5. The van der Waals surface area contributed by atoms with Crippen LogP contribution in [0.5, 0.6) is 0 Å². The van der Waals surface area contributed by atoms with Crippen LogP contribution < -0.4 is 10.2 Å². The Morgan fingerprint density at radius 2 is 2.05 bits per heavy atom. The Hall–Kier alpha value is -1.66. The molecule has 1 N–H and O–H groups in total. The summed E-state index contributed by atoms with van der Waals surface area (Å²) in [5.74, 6) is 0.0765. The number of amides is 1. The highest BCUT2D eigenvalue weighted by atomic mass is 79.9. The SMILES string of the molecule is CNC(=O)CN1CCN(c2ccnc3cc(Br)ccc23)CC1. The van der Waals surface area contributed by atoms with Gasteiger partial charge in [0.1, 0.15) is 0 Å². The van der Waals surface area contributed by atoms with Gasteiger partial charge in [0.15, 0.2) is 0 Å². The van der Waals surface area contributed by atoms with Gasteiger partial charge in [0.2, 0.25) is 5.91 Å². The van der Waals surface area contributed by atoms with Crippen LogP contribution in [0.2, 0.25) is 0 Å². The summed E-state index contributed by atoms with van der Waals surface area (Å²) in [5, 5.41) is 3.85. The Kier molecular flexibility index (Phi) is 4.59. The number of nitrogens with one attached hydrogen (secondary N) is 1. The summed E-state index contributed by atoms with van der Waals surface area (Å²) in [6.45, 7) is 4.12. The Morgan fingerprint density at radius 1 is 1.27 bits per heavy atom. The molecule has 5 nitrogen and oxygen atoms in total. The molecule has 22 heavy (non-hydrogen) atoms. The standard InChI is InChI=1S/C16H19BrN4O/c1-18-16(22)11-20-6-8-21(9-7-20)15-4-5-19-14-10-12(17)2-3-13(14)15/h2-5,10H,6-9,11H2,1H3,(H,18,22). The fourth-order valence-electron chi connectivity index (χ4n) is 2.81. The van der Waals surface area contributed by atoms with E-state index in [9.17, 15) is 4.79 Å². The van der Waals surface area contributed by atoms with Crippen LogP contribution >= 0.6 is 15.9 Å². The minimum Gasteiger partial charge on any atom is -0.368 e. The van der Waals surface area contributed by atoms with E-state index in [0.717, 1.165) is 36.2 Å². The summed E-state index contributed by atoms with van der Waals surface area (Å²) in [6, 6.07) is 8.28. The van der Waals surface area contributed by atoms with E-state index in [0.29, 0.717) is 6.54 Å². The Bertz CT molecular complexity index is 683. The van der Waals surface area contributed by atoms with Crippen LogP contribution in [0.3, 0.4) is 0 Å². The second-order valence-electron chi connectivity index (χ2n) is 5.43. The molecule has 1 aromatic carbocycles. The van der Waals surface area contributed by atoms with Crippen LogP contribution in [-0.4, -0.2) is 55.6 Å². The molecule has 1 aromatic heterocycles. The van der Waals surface area contributed by atoms with E-state index in [2.05, 4.69) is 54.2 Å². The van der Waals surface area contributed by atoms with Crippen molar-refractivity contribution in [3.05, 3.63) is 34.9 Å². The van der Waals surface area contributed by atoms with Crippen molar-refractivity contribution in [1.82, 2.24) is 15.2 Å². The number of fused-ring (bicyclic) bond motifs is 1. The second-order valence-corrected chi connectivity index (χ2v) is 6.34. The highest BCUT2D eigenvalue weighted by Gasteiger charge is 2.20. The average Bonchev–Trinajstić information content (AvgIpc) is 2.54. The number of hydrogen-bond donors (Lipinski definition) is 1. The number of rotatable bonds is 3. The predicted octanol–water partition coefficient (Wildman–Crippen LogP) is 1.87. The molecule has 2 heterocycles. The first-order valence-corrected chi connectivity index (χ1v) is 8.19. The van der Waals surface area contributed by atoms with Crippen molar-refractivity contribution in [2.24, 2.45) is 0 Å². The summed E-state index contributed by atoms with van der Waals surface area (Å²) in [4.78, 5) is 20.5. The van der Waals surface area contributed by atoms with E-state index in [-0.39, 0.29) is 5.91 Å². The number of halogens is 1. The zero-order valence-corrected chi connectivity index (χ0v) is 14.1. The van der Waals surface area contributed by atoms with Crippen molar-refractivity contribution in [3.63, 3.8) is 0 Å². The first-order chi connectivity index (χ1) is 10.7. The van der Waals surface area contributed by atoms with Gasteiger partial charge in [-0.15, -0.1) is 0 Å². The summed E-state index contributed by atoms with van der Waals surface area (Å²) in [7, 11) is 1.68. The molecule has 2 aromatic rings. The van der Waals surface area contributed by atoms with Gasteiger partial charge in [0, 0.05) is 55.0 Å². The van der Waals surface area contributed by atoms with E-state index in [1.54, 1.807) is 7.05 Å². The van der Waals surface area contributed by atoms with E-state index in [4.69, 9.17) is 0 Å².